The summed E-state index contributed by atoms with van der Waals surface area (Å²) in [7, 11) is 0. The maximum Gasteiger partial charge on any atom is 0.261 e. The molecule has 1 atom stereocenters. The van der Waals surface area contributed by atoms with E-state index in [0.29, 0.717) is 24.1 Å². The zero-order chi connectivity index (χ0) is 15.7. The summed E-state index contributed by atoms with van der Waals surface area (Å²) in [5.41, 5.74) is 1.79. The van der Waals surface area contributed by atoms with Crippen LogP contribution in [0.5, 0.6) is 0 Å². The summed E-state index contributed by atoms with van der Waals surface area (Å²) in [5.74, 6) is -0.701. The molecule has 2 aromatic carbocycles. The Morgan fingerprint density at radius 2 is 1.64 bits per heavy atom. The van der Waals surface area contributed by atoms with Gasteiger partial charge in [0.1, 0.15) is 5.82 Å². The molecule has 0 saturated heterocycles. The van der Waals surface area contributed by atoms with Gasteiger partial charge < -0.3 is 0 Å². The topological polar surface area (TPSA) is 37.4 Å². The molecule has 1 aliphatic rings. The fourth-order valence-corrected chi connectivity index (χ4v) is 2.85. The molecule has 2 aromatic rings. The van der Waals surface area contributed by atoms with Gasteiger partial charge in [-0.1, -0.05) is 31.2 Å². The van der Waals surface area contributed by atoms with Crippen LogP contribution in [-0.2, 0) is 6.42 Å². The molecule has 0 aliphatic carbocycles. The maximum atomic E-state index is 13.2. The van der Waals surface area contributed by atoms with Crippen LogP contribution in [0.15, 0.2) is 48.5 Å². The van der Waals surface area contributed by atoms with Gasteiger partial charge in [0.25, 0.3) is 11.8 Å². The molecular weight excluding hydrogens is 281 g/mol. The van der Waals surface area contributed by atoms with Crippen LogP contribution in [0.25, 0.3) is 0 Å². The van der Waals surface area contributed by atoms with Gasteiger partial charge in [-0.15, -0.1) is 0 Å². The van der Waals surface area contributed by atoms with E-state index in [4.69, 9.17) is 0 Å². The molecule has 4 heteroatoms. The first kappa shape index (κ1) is 14.4. The lowest BCUT2D eigenvalue weighted by Gasteiger charge is -2.19. The van der Waals surface area contributed by atoms with Crippen molar-refractivity contribution >= 4 is 11.8 Å². The number of amides is 2. The first-order valence-electron chi connectivity index (χ1n) is 7.26. The third-order valence-corrected chi connectivity index (χ3v) is 3.85. The Labute approximate surface area is 128 Å². The van der Waals surface area contributed by atoms with Crippen molar-refractivity contribution in [2.75, 3.05) is 6.54 Å². The molecule has 1 heterocycles. The molecule has 0 aromatic heterocycles. The maximum absolute atomic E-state index is 13.2. The van der Waals surface area contributed by atoms with E-state index in [2.05, 4.69) is 0 Å². The number of hydrogen-bond donors (Lipinski definition) is 0. The Balaban J connectivity index is 1.72. The van der Waals surface area contributed by atoms with Crippen LogP contribution in [-0.4, -0.2) is 23.3 Å². The van der Waals surface area contributed by atoms with Crippen LogP contribution in [0.2, 0.25) is 0 Å². The van der Waals surface area contributed by atoms with E-state index in [1.807, 2.05) is 13.0 Å². The quantitative estimate of drug-likeness (QED) is 0.812. The van der Waals surface area contributed by atoms with E-state index in [9.17, 15) is 14.0 Å². The highest BCUT2D eigenvalue weighted by atomic mass is 19.1. The first-order chi connectivity index (χ1) is 10.6. The Bertz CT molecular complexity index is 706. The summed E-state index contributed by atoms with van der Waals surface area (Å²) in [6.07, 6.45) is 0.616. The summed E-state index contributed by atoms with van der Waals surface area (Å²) in [5, 5.41) is 0. The molecule has 0 bridgehead atoms. The van der Waals surface area contributed by atoms with Crippen molar-refractivity contribution in [1.29, 1.82) is 0 Å². The van der Waals surface area contributed by atoms with Gasteiger partial charge in [-0.3, -0.25) is 14.5 Å². The summed E-state index contributed by atoms with van der Waals surface area (Å²) >= 11 is 0. The first-order valence-corrected chi connectivity index (χ1v) is 7.26. The summed E-state index contributed by atoms with van der Waals surface area (Å²) in [4.78, 5) is 25.9. The molecule has 22 heavy (non-hydrogen) atoms. The molecule has 2 amide bonds. The Morgan fingerprint density at radius 3 is 2.23 bits per heavy atom. The molecule has 3 nitrogen and oxygen atoms in total. The zero-order valence-corrected chi connectivity index (χ0v) is 12.3. The predicted octanol–water partition coefficient (Wildman–Crippen LogP) is 3.30. The Kier molecular flexibility index (Phi) is 3.75. The monoisotopic (exact) mass is 297 g/mol. The number of nitrogens with zero attached hydrogens (tertiary/aromatic N) is 1. The molecule has 0 fully saturated rings. The smallest absolute Gasteiger partial charge is 0.261 e. The number of carbonyl (C=O) groups is 2. The van der Waals surface area contributed by atoms with Gasteiger partial charge in [0.05, 0.1) is 11.1 Å². The minimum Gasteiger partial charge on any atom is -0.274 e. The van der Waals surface area contributed by atoms with E-state index in [1.54, 1.807) is 30.3 Å². The molecule has 0 spiro atoms. The van der Waals surface area contributed by atoms with Gasteiger partial charge in [-0.25, -0.2) is 4.39 Å². The van der Waals surface area contributed by atoms with Crippen LogP contribution in [0.1, 0.15) is 33.2 Å². The highest BCUT2D eigenvalue weighted by Gasteiger charge is 2.35. The van der Waals surface area contributed by atoms with Crippen LogP contribution in [0.3, 0.4) is 0 Å². The molecule has 1 aliphatic heterocycles. The number of benzene rings is 2. The number of halogens is 1. The lowest BCUT2D eigenvalue weighted by atomic mass is 10.0. The standard InChI is InChI=1S/C18H16FNO2/c1-12(9-13-5-4-6-14(19)10-13)11-20-17(21)15-7-2-3-8-16(15)18(20)22/h2-8,10,12H,9,11H2,1H3/t12-/m0/s1. The van der Waals surface area contributed by atoms with Crippen molar-refractivity contribution in [3.63, 3.8) is 0 Å². The molecule has 0 saturated carbocycles. The Morgan fingerprint density at radius 1 is 1.00 bits per heavy atom. The highest BCUT2D eigenvalue weighted by Crippen LogP contribution is 2.24. The van der Waals surface area contributed by atoms with Crippen LogP contribution >= 0.6 is 0 Å². The van der Waals surface area contributed by atoms with Gasteiger partial charge in [-0.2, -0.15) is 0 Å². The van der Waals surface area contributed by atoms with Gasteiger partial charge in [0, 0.05) is 6.54 Å². The third kappa shape index (κ3) is 2.64. The minimum absolute atomic E-state index is 0.0593. The lowest BCUT2D eigenvalue weighted by Crippen LogP contribution is -2.34. The van der Waals surface area contributed by atoms with Gasteiger partial charge in [-0.05, 0) is 42.2 Å². The molecule has 0 N–H and O–H groups in total. The minimum atomic E-state index is -0.273. The zero-order valence-electron chi connectivity index (χ0n) is 12.3. The predicted molar refractivity (Wildman–Crippen MR) is 81.1 cm³/mol. The van der Waals surface area contributed by atoms with Crippen molar-refractivity contribution in [3.8, 4) is 0 Å². The van der Waals surface area contributed by atoms with Crippen molar-refractivity contribution in [2.24, 2.45) is 5.92 Å². The van der Waals surface area contributed by atoms with Crippen molar-refractivity contribution in [3.05, 3.63) is 71.0 Å². The molecule has 3 rings (SSSR count). The van der Waals surface area contributed by atoms with Crippen LogP contribution < -0.4 is 0 Å². The summed E-state index contributed by atoms with van der Waals surface area (Å²) in [6, 6.07) is 13.3. The second-order valence-electron chi connectivity index (χ2n) is 5.71. The fourth-order valence-electron chi connectivity index (χ4n) is 2.85. The van der Waals surface area contributed by atoms with E-state index in [-0.39, 0.29) is 23.5 Å². The van der Waals surface area contributed by atoms with Crippen molar-refractivity contribution in [2.45, 2.75) is 13.3 Å². The lowest BCUT2D eigenvalue weighted by molar-refractivity contribution is 0.0632. The van der Waals surface area contributed by atoms with E-state index in [0.717, 1.165) is 5.56 Å². The largest absolute Gasteiger partial charge is 0.274 e. The van der Waals surface area contributed by atoms with Crippen molar-refractivity contribution < 1.29 is 14.0 Å². The molecular formula is C18H16FNO2. The van der Waals surface area contributed by atoms with Gasteiger partial charge >= 0.3 is 0 Å². The molecule has 112 valence electrons. The molecule has 0 unspecified atom stereocenters. The number of rotatable bonds is 4. The average molecular weight is 297 g/mol. The van der Waals surface area contributed by atoms with E-state index < -0.39 is 0 Å². The second-order valence-corrected chi connectivity index (χ2v) is 5.71. The number of carbonyl (C=O) groups excluding carboxylic acids is 2. The third-order valence-electron chi connectivity index (χ3n) is 3.85. The summed E-state index contributed by atoms with van der Waals surface area (Å²) < 4.78 is 13.2. The Hall–Kier alpha value is -2.49. The van der Waals surface area contributed by atoms with E-state index in [1.165, 1.54) is 17.0 Å². The van der Waals surface area contributed by atoms with Crippen LogP contribution in [0, 0.1) is 11.7 Å². The second kappa shape index (κ2) is 5.72. The van der Waals surface area contributed by atoms with Gasteiger partial charge in [0.2, 0.25) is 0 Å². The number of fused-ring (bicyclic) bond motifs is 1. The van der Waals surface area contributed by atoms with E-state index >= 15 is 0 Å². The molecule has 0 radical (unpaired) electrons. The number of hydrogen-bond acceptors (Lipinski definition) is 2. The summed E-state index contributed by atoms with van der Waals surface area (Å²) in [6.45, 7) is 2.29. The SMILES string of the molecule is C[C@@H](Cc1cccc(F)c1)CN1C(=O)c2ccccc2C1=O. The number of imide groups is 1. The average Bonchev–Trinajstić information content (AvgIpc) is 2.73. The van der Waals surface area contributed by atoms with Crippen LogP contribution in [0.4, 0.5) is 4.39 Å². The fraction of sp³-hybridized carbons (Fsp3) is 0.222. The normalized spacial score (nSPS) is 15.1. The van der Waals surface area contributed by atoms with Crippen molar-refractivity contribution in [1.82, 2.24) is 4.90 Å². The van der Waals surface area contributed by atoms with Gasteiger partial charge in [0.15, 0.2) is 0 Å². The highest BCUT2D eigenvalue weighted by molar-refractivity contribution is 6.21.